The molecule has 0 N–H and O–H groups in total. The molecule has 0 amide bonds. The van der Waals surface area contributed by atoms with Gasteiger partial charge in [-0.1, -0.05) is 55.0 Å². The largest absolute Gasteiger partial charge is 4.00 e. The van der Waals surface area contributed by atoms with E-state index in [0.717, 1.165) is 0 Å². The molecule has 0 nitrogen and oxygen atoms in total. The summed E-state index contributed by atoms with van der Waals surface area (Å²) in [6, 6.07) is 34.7. The van der Waals surface area contributed by atoms with E-state index in [0.29, 0.717) is 0 Å². The van der Waals surface area contributed by atoms with Gasteiger partial charge in [-0.2, -0.15) is 12.1 Å². The van der Waals surface area contributed by atoms with Crippen molar-refractivity contribution in [3.63, 3.8) is 0 Å². The van der Waals surface area contributed by atoms with Gasteiger partial charge in [-0.25, -0.2) is 0 Å². The summed E-state index contributed by atoms with van der Waals surface area (Å²) in [4.78, 5) is 0. The summed E-state index contributed by atoms with van der Waals surface area (Å²) in [5.41, 5.74) is 3.95. The van der Waals surface area contributed by atoms with E-state index in [4.69, 9.17) is 0 Å². The first kappa shape index (κ1) is 26.9. The normalized spacial score (nSPS) is 9.94. The molecule has 5 aromatic carbocycles. The zero-order valence-electron chi connectivity index (χ0n) is 17.9. The van der Waals surface area contributed by atoms with Gasteiger partial charge in [-0.3, -0.25) is 0 Å². The quantitative estimate of drug-likeness (QED) is 0.210. The van der Waals surface area contributed by atoms with E-state index in [2.05, 4.69) is 117 Å². The molecule has 0 unspecified atom stereocenters. The van der Waals surface area contributed by atoms with Crippen LogP contribution in [-0.2, 0) is 21.7 Å². The van der Waals surface area contributed by atoms with E-state index in [1.165, 1.54) is 43.5 Å². The molecule has 0 aromatic heterocycles. The Hall–Kier alpha value is -2.12. The summed E-state index contributed by atoms with van der Waals surface area (Å²) < 4.78 is 0. The fourth-order valence-corrected chi connectivity index (χ4v) is 4.44. The Kier molecular flexibility index (Phi) is 10.5. The van der Waals surface area contributed by atoms with Crippen molar-refractivity contribution in [3.8, 4) is 11.1 Å². The van der Waals surface area contributed by atoms with Crippen molar-refractivity contribution in [3.05, 3.63) is 103 Å². The summed E-state index contributed by atoms with van der Waals surface area (Å²) in [6.45, 7) is 6.74. The number of aryl methyl sites for hydroxylation is 1. The molecule has 156 valence electrons. The van der Waals surface area contributed by atoms with Crippen LogP contribution in [0.25, 0.3) is 32.7 Å². The van der Waals surface area contributed by atoms with E-state index >= 15 is 0 Å². The molecule has 5 aromatic rings. The number of rotatable bonds is 2. The summed E-state index contributed by atoms with van der Waals surface area (Å²) >= 11 is 0. The van der Waals surface area contributed by atoms with Crippen LogP contribution in [0.5, 0.6) is 0 Å². The van der Waals surface area contributed by atoms with Gasteiger partial charge in [-0.15, -0.1) is 82.8 Å². The van der Waals surface area contributed by atoms with E-state index in [1.54, 1.807) is 0 Å². The maximum absolute atomic E-state index is 2.31. The van der Waals surface area contributed by atoms with Crippen molar-refractivity contribution in [1.82, 2.24) is 0 Å². The van der Waals surface area contributed by atoms with E-state index in [1.807, 2.05) is 0 Å². The van der Waals surface area contributed by atoms with Gasteiger partial charge in [0.25, 0.3) is 0 Å². The third-order valence-electron chi connectivity index (χ3n) is 5.10. The number of hydrogen-bond acceptors (Lipinski definition) is 0. The van der Waals surface area contributed by atoms with Crippen LogP contribution in [0, 0.1) is 6.92 Å². The fourth-order valence-electron chi connectivity index (χ4n) is 3.65. The van der Waals surface area contributed by atoms with E-state index < -0.39 is 0 Å². The first-order valence-electron chi connectivity index (χ1n) is 9.66. The van der Waals surface area contributed by atoms with Crippen LogP contribution in [0.3, 0.4) is 0 Å². The minimum absolute atomic E-state index is 0. The number of halogens is 2. The molecule has 31 heavy (non-hydrogen) atoms. The molecule has 0 atom stereocenters. The summed E-state index contributed by atoms with van der Waals surface area (Å²) in [5, 5.41) is 6.95. The van der Waals surface area contributed by atoms with E-state index in [9.17, 15) is 0 Å². The zero-order valence-corrected chi connectivity index (χ0v) is 20.4. The summed E-state index contributed by atoms with van der Waals surface area (Å²) in [5.74, 6) is 0. The number of benzene rings is 3. The van der Waals surface area contributed by atoms with Crippen LogP contribution in [0.1, 0.15) is 5.56 Å². The maximum atomic E-state index is 2.31. The Balaban J connectivity index is 0.000000292. The molecular formula is C27H25F2PTi. The van der Waals surface area contributed by atoms with Gasteiger partial charge in [0.05, 0.1) is 0 Å². The molecular weight excluding hydrogens is 441 g/mol. The minimum atomic E-state index is 0. The van der Waals surface area contributed by atoms with Crippen LogP contribution < -0.4 is 14.7 Å². The molecule has 0 saturated carbocycles. The topological polar surface area (TPSA) is 0 Å². The predicted molar refractivity (Wildman–Crippen MR) is 128 cm³/mol. The van der Waals surface area contributed by atoms with Crippen LogP contribution >= 0.6 is 7.92 Å². The Morgan fingerprint density at radius 3 is 2.00 bits per heavy atom. The molecule has 0 saturated heterocycles. The second-order valence-electron chi connectivity index (χ2n) is 7.44. The Morgan fingerprint density at radius 1 is 0.677 bits per heavy atom. The molecule has 0 spiro atoms. The fraction of sp³-hybridized carbons (Fsp3) is 0.111. The molecule has 0 heterocycles. The van der Waals surface area contributed by atoms with Crippen molar-refractivity contribution in [2.75, 3.05) is 13.3 Å². The van der Waals surface area contributed by atoms with Crippen molar-refractivity contribution in [1.29, 1.82) is 0 Å². The second-order valence-corrected chi connectivity index (χ2v) is 9.75. The Bertz CT molecular complexity index is 1170. The van der Waals surface area contributed by atoms with E-state index in [-0.39, 0.29) is 39.0 Å². The molecule has 4 heteroatoms. The maximum Gasteiger partial charge on any atom is 4.00 e. The van der Waals surface area contributed by atoms with Crippen LogP contribution in [0.2, 0.25) is 0 Å². The smallest absolute Gasteiger partial charge is 1.00 e. The van der Waals surface area contributed by atoms with Gasteiger partial charge in [0, 0.05) is 0 Å². The second kappa shape index (κ2) is 12.1. The van der Waals surface area contributed by atoms with Gasteiger partial charge in [0.15, 0.2) is 0 Å². The molecule has 0 bridgehead atoms. The third-order valence-corrected chi connectivity index (χ3v) is 6.39. The van der Waals surface area contributed by atoms with Gasteiger partial charge in [-0.05, 0) is 18.9 Å². The van der Waals surface area contributed by atoms with Crippen molar-refractivity contribution in [2.45, 2.75) is 6.92 Å². The summed E-state index contributed by atoms with van der Waals surface area (Å²) in [7, 11) is 0.0576. The predicted octanol–water partition coefficient (Wildman–Crippen LogP) is 1.47. The molecule has 0 aliphatic rings. The van der Waals surface area contributed by atoms with Gasteiger partial charge >= 0.3 is 21.7 Å². The minimum Gasteiger partial charge on any atom is -1.00 e. The standard InChI is InChI=1S/C16H13.C11H12P.2FH.Ti/c1-12-10-14-8-5-9-15(16(14)11-12)13-6-3-2-4-7-13;1-12(2)11-7-9-5-3-4-6-10(9)8-11;;;/h2-11H,1H3;3-8H,1-2H3;2*1H;/q2*-1;;;+4/p-2. The Labute approximate surface area is 199 Å². The SMILES string of the molecule is CP(C)c1cc2ccccc2[cH-]1.Cc1cc2c(-c3ccccc3)cccc2[cH-]1.[F-].[F-].[Ti+4]. The van der Waals surface area contributed by atoms with Crippen molar-refractivity contribution in [2.24, 2.45) is 0 Å². The van der Waals surface area contributed by atoms with Crippen molar-refractivity contribution < 1.29 is 31.1 Å². The average Bonchev–Trinajstić information content (AvgIpc) is 3.31. The number of fused-ring (bicyclic) bond motifs is 2. The molecule has 0 aliphatic heterocycles. The Morgan fingerprint density at radius 2 is 1.32 bits per heavy atom. The molecule has 0 fully saturated rings. The van der Waals surface area contributed by atoms with Gasteiger partial charge in [0.2, 0.25) is 0 Å². The van der Waals surface area contributed by atoms with Crippen molar-refractivity contribution >= 4 is 34.8 Å². The zero-order chi connectivity index (χ0) is 19.5. The van der Waals surface area contributed by atoms with Crippen LogP contribution in [-0.4, -0.2) is 13.3 Å². The third kappa shape index (κ3) is 6.20. The molecule has 0 radical (unpaired) electrons. The van der Waals surface area contributed by atoms with Gasteiger partial charge < -0.3 is 9.41 Å². The number of hydrogen-bond donors (Lipinski definition) is 0. The van der Waals surface area contributed by atoms with Gasteiger partial charge in [0.1, 0.15) is 0 Å². The monoisotopic (exact) mass is 466 g/mol. The molecule has 5 rings (SSSR count). The first-order chi connectivity index (χ1) is 13.6. The van der Waals surface area contributed by atoms with Crippen LogP contribution in [0.4, 0.5) is 0 Å². The molecule has 0 aliphatic carbocycles. The summed E-state index contributed by atoms with van der Waals surface area (Å²) in [6.07, 6.45) is 0. The average molecular weight is 466 g/mol. The first-order valence-corrected chi connectivity index (χ1v) is 11.9. The van der Waals surface area contributed by atoms with Crippen LogP contribution in [0.15, 0.2) is 97.1 Å².